The quantitative estimate of drug-likeness (QED) is 0.828. The Labute approximate surface area is 138 Å². The van der Waals surface area contributed by atoms with E-state index in [1.165, 1.54) is 13.1 Å². The van der Waals surface area contributed by atoms with Crippen LogP contribution in [-0.4, -0.2) is 28.2 Å². The Morgan fingerprint density at radius 3 is 2.71 bits per heavy atom. The van der Waals surface area contributed by atoms with E-state index in [0.29, 0.717) is 22.7 Å². The number of amides is 2. The fourth-order valence-electron chi connectivity index (χ4n) is 2.13. The van der Waals surface area contributed by atoms with Gasteiger partial charge < -0.3 is 15.8 Å². The van der Waals surface area contributed by atoms with Crippen molar-refractivity contribution in [3.8, 4) is 5.75 Å². The number of hydrogen-bond donors (Lipinski definition) is 2. The van der Waals surface area contributed by atoms with Gasteiger partial charge in [-0.2, -0.15) is 5.10 Å². The molecule has 1 heterocycles. The van der Waals surface area contributed by atoms with Crippen LogP contribution in [0.15, 0.2) is 29.1 Å². The van der Waals surface area contributed by atoms with Gasteiger partial charge in [-0.1, -0.05) is 6.07 Å². The molecule has 0 fully saturated rings. The predicted octanol–water partition coefficient (Wildman–Crippen LogP) is 0.514. The Morgan fingerprint density at radius 1 is 1.33 bits per heavy atom. The average molecular weight is 330 g/mol. The number of aromatic nitrogens is 2. The van der Waals surface area contributed by atoms with Gasteiger partial charge in [-0.3, -0.25) is 14.4 Å². The van der Waals surface area contributed by atoms with Crippen LogP contribution in [0.25, 0.3) is 0 Å². The normalized spacial score (nSPS) is 10.3. The zero-order chi connectivity index (χ0) is 17.9. The zero-order valence-corrected chi connectivity index (χ0v) is 13.6. The Bertz CT molecular complexity index is 858. The second-order valence-corrected chi connectivity index (χ2v) is 5.25. The third-order valence-electron chi connectivity index (χ3n) is 3.43. The van der Waals surface area contributed by atoms with E-state index in [9.17, 15) is 14.4 Å². The number of anilines is 1. The van der Waals surface area contributed by atoms with Gasteiger partial charge >= 0.3 is 0 Å². The van der Waals surface area contributed by atoms with Crippen LogP contribution in [0.5, 0.6) is 5.75 Å². The molecule has 2 rings (SSSR count). The van der Waals surface area contributed by atoms with Crippen molar-refractivity contribution in [1.82, 2.24) is 9.78 Å². The lowest BCUT2D eigenvalue weighted by Crippen LogP contribution is -2.31. The van der Waals surface area contributed by atoms with Gasteiger partial charge in [-0.25, -0.2) is 4.68 Å². The van der Waals surface area contributed by atoms with Gasteiger partial charge in [-0.05, 0) is 31.5 Å². The summed E-state index contributed by atoms with van der Waals surface area (Å²) in [6.07, 6.45) is 0. The third kappa shape index (κ3) is 3.78. The molecule has 3 N–H and O–H groups in total. The maximum atomic E-state index is 12.5. The third-order valence-corrected chi connectivity index (χ3v) is 3.43. The van der Waals surface area contributed by atoms with E-state index < -0.39 is 17.4 Å². The molecule has 8 heteroatoms. The molecule has 1 aromatic heterocycles. The lowest BCUT2D eigenvalue weighted by Gasteiger charge is -2.11. The first-order valence-corrected chi connectivity index (χ1v) is 7.16. The van der Waals surface area contributed by atoms with E-state index in [0.717, 1.165) is 4.68 Å². The summed E-state index contributed by atoms with van der Waals surface area (Å²) in [6.45, 7) is 3.13. The van der Waals surface area contributed by atoms with Crippen molar-refractivity contribution in [1.29, 1.82) is 0 Å². The molecule has 0 saturated carbocycles. The fourth-order valence-corrected chi connectivity index (χ4v) is 2.13. The maximum Gasteiger partial charge on any atom is 0.279 e. The number of carbonyl (C=O) groups is 2. The van der Waals surface area contributed by atoms with Crippen molar-refractivity contribution in [2.75, 3.05) is 11.9 Å². The average Bonchev–Trinajstić information content (AvgIpc) is 2.51. The van der Waals surface area contributed by atoms with Gasteiger partial charge in [0.05, 0.1) is 5.69 Å². The monoisotopic (exact) mass is 330 g/mol. The lowest BCUT2D eigenvalue weighted by molar-refractivity contribution is -0.119. The molecule has 0 spiro atoms. The molecule has 24 heavy (non-hydrogen) atoms. The number of carbonyl (C=O) groups excluding carboxylic acids is 2. The number of aryl methyl sites for hydroxylation is 2. The molecular formula is C16H18N4O4. The number of primary amides is 1. The van der Waals surface area contributed by atoms with Crippen molar-refractivity contribution in [2.45, 2.75) is 13.8 Å². The summed E-state index contributed by atoms with van der Waals surface area (Å²) in [7, 11) is 1.49. The molecule has 0 aliphatic carbocycles. The number of nitrogens with one attached hydrogen (secondary N) is 1. The predicted molar refractivity (Wildman–Crippen MR) is 88.0 cm³/mol. The van der Waals surface area contributed by atoms with Crippen molar-refractivity contribution in [3.63, 3.8) is 0 Å². The first kappa shape index (κ1) is 17.2. The van der Waals surface area contributed by atoms with E-state index in [4.69, 9.17) is 10.5 Å². The summed E-state index contributed by atoms with van der Waals surface area (Å²) < 4.78 is 6.31. The number of ether oxygens (including phenoxy) is 1. The maximum absolute atomic E-state index is 12.5. The number of hydrogen-bond acceptors (Lipinski definition) is 5. The zero-order valence-electron chi connectivity index (χ0n) is 13.6. The smallest absolute Gasteiger partial charge is 0.279 e. The van der Waals surface area contributed by atoms with Crippen LogP contribution < -0.4 is 21.3 Å². The van der Waals surface area contributed by atoms with Crippen LogP contribution in [0.4, 0.5) is 5.69 Å². The summed E-state index contributed by atoms with van der Waals surface area (Å²) in [4.78, 5) is 35.4. The minimum atomic E-state index is -0.601. The van der Waals surface area contributed by atoms with Crippen LogP contribution >= 0.6 is 0 Å². The number of nitrogens with zero attached hydrogens (tertiary/aromatic N) is 2. The highest BCUT2D eigenvalue weighted by atomic mass is 16.5. The topological polar surface area (TPSA) is 116 Å². The lowest BCUT2D eigenvalue weighted by atomic mass is 10.1. The molecule has 2 aromatic rings. The highest BCUT2D eigenvalue weighted by Gasteiger charge is 2.18. The van der Waals surface area contributed by atoms with Gasteiger partial charge in [0.1, 0.15) is 11.3 Å². The minimum absolute atomic E-state index is 0.0356. The molecule has 8 nitrogen and oxygen atoms in total. The Morgan fingerprint density at radius 2 is 2.04 bits per heavy atom. The van der Waals surface area contributed by atoms with Crippen LogP contribution in [0.1, 0.15) is 21.6 Å². The van der Waals surface area contributed by atoms with E-state index in [2.05, 4.69) is 10.4 Å². The summed E-state index contributed by atoms with van der Waals surface area (Å²) >= 11 is 0. The van der Waals surface area contributed by atoms with Crippen LogP contribution in [-0.2, 0) is 11.8 Å². The van der Waals surface area contributed by atoms with Gasteiger partial charge in [0.15, 0.2) is 6.61 Å². The summed E-state index contributed by atoms with van der Waals surface area (Å²) in [5, 5.41) is 6.68. The largest absolute Gasteiger partial charge is 0.484 e. The molecule has 0 saturated heterocycles. The summed E-state index contributed by atoms with van der Waals surface area (Å²) in [6, 6.07) is 6.45. The SMILES string of the molecule is Cc1nn(C)c(=O)c(C(=O)Nc2cccc(OCC(N)=O)c2)c1C. The highest BCUT2D eigenvalue weighted by molar-refractivity contribution is 6.05. The molecule has 0 atom stereocenters. The second kappa shape index (κ2) is 6.95. The first-order chi connectivity index (χ1) is 11.3. The van der Waals surface area contributed by atoms with Gasteiger partial charge in [-0.15, -0.1) is 0 Å². The van der Waals surface area contributed by atoms with E-state index >= 15 is 0 Å². The second-order valence-electron chi connectivity index (χ2n) is 5.25. The highest BCUT2D eigenvalue weighted by Crippen LogP contribution is 2.18. The molecule has 0 aliphatic heterocycles. The summed E-state index contributed by atoms with van der Waals surface area (Å²) in [5.74, 6) is -0.761. The minimum Gasteiger partial charge on any atom is -0.484 e. The van der Waals surface area contributed by atoms with Gasteiger partial charge in [0.2, 0.25) is 0 Å². The van der Waals surface area contributed by atoms with Crippen molar-refractivity contribution >= 4 is 17.5 Å². The van der Waals surface area contributed by atoms with Crippen molar-refractivity contribution in [3.05, 3.63) is 51.4 Å². The molecule has 1 aromatic carbocycles. The van der Waals surface area contributed by atoms with Crippen LogP contribution in [0, 0.1) is 13.8 Å². The van der Waals surface area contributed by atoms with Crippen LogP contribution in [0.2, 0.25) is 0 Å². The Hall–Kier alpha value is -3.16. The molecule has 0 bridgehead atoms. The van der Waals surface area contributed by atoms with Crippen LogP contribution in [0.3, 0.4) is 0 Å². The molecule has 0 radical (unpaired) electrons. The van der Waals surface area contributed by atoms with E-state index in [1.54, 1.807) is 32.0 Å². The fraction of sp³-hybridized carbons (Fsp3) is 0.250. The van der Waals surface area contributed by atoms with Gasteiger partial charge in [0, 0.05) is 18.8 Å². The molecular weight excluding hydrogens is 312 g/mol. The Balaban J connectivity index is 2.26. The van der Waals surface area contributed by atoms with Crippen molar-refractivity contribution < 1.29 is 14.3 Å². The molecule has 0 unspecified atom stereocenters. The molecule has 126 valence electrons. The summed E-state index contributed by atoms with van der Waals surface area (Å²) in [5.41, 5.74) is 6.13. The number of nitrogens with two attached hydrogens (primary N) is 1. The Kier molecular flexibility index (Phi) is 4.98. The standard InChI is InChI=1S/C16H18N4O4/c1-9-10(2)19-20(3)16(23)14(9)15(22)18-11-5-4-6-12(7-11)24-8-13(17)21/h4-7H,8H2,1-3H3,(H2,17,21)(H,18,22). The number of benzene rings is 1. The molecule has 2 amide bonds. The van der Waals surface area contributed by atoms with E-state index in [1.807, 2.05) is 0 Å². The van der Waals surface area contributed by atoms with Gasteiger partial charge in [0.25, 0.3) is 17.4 Å². The first-order valence-electron chi connectivity index (χ1n) is 7.16. The van der Waals surface area contributed by atoms with Crippen molar-refractivity contribution in [2.24, 2.45) is 12.8 Å². The van der Waals surface area contributed by atoms with E-state index in [-0.39, 0.29) is 12.2 Å². The number of rotatable bonds is 5. The molecule has 0 aliphatic rings.